The third-order valence-electron chi connectivity index (χ3n) is 7.42. The van der Waals surface area contributed by atoms with Gasteiger partial charge in [-0.15, -0.1) is 0 Å². The van der Waals surface area contributed by atoms with Crippen molar-refractivity contribution in [1.82, 2.24) is 0 Å². The Morgan fingerprint density at radius 1 is 1.14 bits per heavy atom. The zero-order chi connectivity index (χ0) is 16.4. The molecule has 1 saturated carbocycles. The van der Waals surface area contributed by atoms with E-state index in [-0.39, 0.29) is 13.0 Å². The molecule has 0 unspecified atom stereocenters. The van der Waals surface area contributed by atoms with Crippen LogP contribution >= 0.6 is 0 Å². The molecule has 4 N–H and O–H groups in total. The van der Waals surface area contributed by atoms with Crippen LogP contribution in [0.5, 0.6) is 0 Å². The Morgan fingerprint density at radius 2 is 1.77 bits per heavy atom. The highest BCUT2D eigenvalue weighted by Gasteiger charge is 2.95. The Labute approximate surface area is 127 Å². The van der Waals surface area contributed by atoms with Crippen LogP contribution in [0.3, 0.4) is 0 Å². The van der Waals surface area contributed by atoms with Gasteiger partial charge in [0.15, 0.2) is 0 Å². The smallest absolute Gasteiger partial charge is 0.306 e. The average molecular weight is 314 g/mol. The van der Waals surface area contributed by atoms with Gasteiger partial charge in [-0.1, -0.05) is 6.92 Å². The Kier molecular flexibility index (Phi) is 2.27. The number of cyclic esters (lactones) is 1. The molecule has 7 nitrogen and oxygen atoms in total. The van der Waals surface area contributed by atoms with Gasteiger partial charge in [-0.25, -0.2) is 0 Å². The van der Waals surface area contributed by atoms with Crippen LogP contribution in [0.15, 0.2) is 0 Å². The summed E-state index contributed by atoms with van der Waals surface area (Å²) < 4.78 is 11.1. The number of aliphatic hydroxyl groups is 4. The minimum atomic E-state index is -2.25. The Balaban J connectivity index is 2.09. The van der Waals surface area contributed by atoms with E-state index in [2.05, 4.69) is 0 Å². The molecule has 4 rings (SSSR count). The van der Waals surface area contributed by atoms with Crippen LogP contribution in [0.1, 0.15) is 40.0 Å². The van der Waals surface area contributed by atoms with Crippen LogP contribution in [0.25, 0.3) is 0 Å². The van der Waals surface area contributed by atoms with Gasteiger partial charge < -0.3 is 29.9 Å². The van der Waals surface area contributed by atoms with E-state index in [9.17, 15) is 25.2 Å². The third kappa shape index (κ3) is 0.998. The fraction of sp³-hybridized carbons (Fsp3) is 0.933. The highest BCUT2D eigenvalue weighted by atomic mass is 16.7. The fourth-order valence-electron chi connectivity index (χ4n) is 5.84. The van der Waals surface area contributed by atoms with Gasteiger partial charge in [-0.05, 0) is 26.7 Å². The minimum absolute atomic E-state index is 0.133. The number of hydrogen-bond donors (Lipinski definition) is 4. The maximum absolute atomic E-state index is 12.2. The number of aliphatic hydroxyl groups excluding tert-OH is 1. The van der Waals surface area contributed by atoms with Gasteiger partial charge >= 0.3 is 5.97 Å². The molecule has 7 heteroatoms. The molecule has 3 saturated heterocycles. The topological polar surface area (TPSA) is 116 Å². The maximum atomic E-state index is 12.2. The molecule has 124 valence electrons. The molecular weight excluding hydrogens is 292 g/mol. The second-order valence-electron chi connectivity index (χ2n) is 8.02. The van der Waals surface area contributed by atoms with E-state index in [4.69, 9.17) is 9.47 Å². The molecule has 0 aromatic rings. The zero-order valence-corrected chi connectivity index (χ0v) is 12.9. The number of hydrogen-bond acceptors (Lipinski definition) is 7. The molecule has 1 spiro atoms. The van der Waals surface area contributed by atoms with Crippen LogP contribution < -0.4 is 0 Å². The van der Waals surface area contributed by atoms with E-state index < -0.39 is 45.5 Å². The predicted octanol–water partition coefficient (Wildman–Crippen LogP) is -0.946. The maximum Gasteiger partial charge on any atom is 0.306 e. The Hall–Kier alpha value is -0.730. The van der Waals surface area contributed by atoms with E-state index >= 15 is 0 Å². The summed E-state index contributed by atoms with van der Waals surface area (Å²) in [5.74, 6) is -2.82. The van der Waals surface area contributed by atoms with Gasteiger partial charge in [0.05, 0.1) is 28.5 Å². The predicted molar refractivity (Wildman–Crippen MR) is 71.4 cm³/mol. The summed E-state index contributed by atoms with van der Waals surface area (Å²) in [6.45, 7) is 4.49. The average Bonchev–Trinajstić information content (AvgIpc) is 2.78. The lowest BCUT2D eigenvalue weighted by atomic mass is 9.46. The molecule has 0 aromatic heterocycles. The fourth-order valence-corrected chi connectivity index (χ4v) is 5.84. The molecule has 0 aromatic carbocycles. The molecule has 22 heavy (non-hydrogen) atoms. The standard InChI is InChI=1S/C15H22O7/c1-10-7-21-8(16)6-13-9(17)15(20,12(10,3)19)22-14(10,13)5-4-11(13,2)18/h9,17-20H,4-7H2,1-3H3/t9-,10+,11-,12+,13-,14-,15-/m1/s1. The normalized spacial score (nSPS) is 66.1. The first-order chi connectivity index (χ1) is 9.92. The van der Waals surface area contributed by atoms with E-state index in [1.807, 2.05) is 0 Å². The Bertz CT molecular complexity index is 586. The number of ether oxygens (including phenoxy) is 2. The molecule has 4 aliphatic rings. The second kappa shape index (κ2) is 3.37. The van der Waals surface area contributed by atoms with E-state index in [1.165, 1.54) is 6.92 Å². The van der Waals surface area contributed by atoms with Crippen molar-refractivity contribution < 1.29 is 34.7 Å². The lowest BCUT2D eigenvalue weighted by Crippen LogP contribution is -2.76. The molecule has 4 fully saturated rings. The molecular formula is C15H22O7. The first-order valence-corrected chi connectivity index (χ1v) is 7.63. The third-order valence-corrected chi connectivity index (χ3v) is 7.42. The monoisotopic (exact) mass is 314 g/mol. The minimum Gasteiger partial charge on any atom is -0.465 e. The Morgan fingerprint density at radius 3 is 2.41 bits per heavy atom. The summed E-state index contributed by atoms with van der Waals surface area (Å²) in [5, 5.41) is 43.8. The highest BCUT2D eigenvalue weighted by molar-refractivity contribution is 5.73. The lowest BCUT2D eigenvalue weighted by Gasteiger charge is -2.58. The van der Waals surface area contributed by atoms with Crippen molar-refractivity contribution in [3.63, 3.8) is 0 Å². The van der Waals surface area contributed by atoms with Gasteiger partial charge in [0, 0.05) is 0 Å². The van der Waals surface area contributed by atoms with Gasteiger partial charge in [0.2, 0.25) is 5.79 Å². The van der Waals surface area contributed by atoms with Crippen molar-refractivity contribution in [3.8, 4) is 0 Å². The summed E-state index contributed by atoms with van der Waals surface area (Å²) in [7, 11) is 0. The summed E-state index contributed by atoms with van der Waals surface area (Å²) >= 11 is 0. The number of carbonyl (C=O) groups is 1. The van der Waals surface area contributed by atoms with E-state index in [0.29, 0.717) is 12.8 Å². The van der Waals surface area contributed by atoms with Gasteiger partial charge in [0.25, 0.3) is 0 Å². The summed E-state index contributed by atoms with van der Waals surface area (Å²) in [5.41, 5.74) is -7.01. The molecule has 3 aliphatic heterocycles. The van der Waals surface area contributed by atoms with Gasteiger partial charge in [0.1, 0.15) is 18.3 Å². The summed E-state index contributed by atoms with van der Waals surface area (Å²) in [4.78, 5) is 12.2. The van der Waals surface area contributed by atoms with Crippen molar-refractivity contribution in [2.45, 2.75) is 68.7 Å². The van der Waals surface area contributed by atoms with Crippen LogP contribution in [0.2, 0.25) is 0 Å². The molecule has 2 bridgehead atoms. The van der Waals surface area contributed by atoms with Crippen LogP contribution in [-0.2, 0) is 14.3 Å². The second-order valence-corrected chi connectivity index (χ2v) is 8.02. The van der Waals surface area contributed by atoms with Crippen LogP contribution in [0.4, 0.5) is 0 Å². The van der Waals surface area contributed by atoms with Gasteiger partial charge in [-0.3, -0.25) is 4.79 Å². The van der Waals surface area contributed by atoms with Gasteiger partial charge in [-0.2, -0.15) is 0 Å². The van der Waals surface area contributed by atoms with Crippen molar-refractivity contribution >= 4 is 5.97 Å². The van der Waals surface area contributed by atoms with Crippen molar-refractivity contribution in [2.24, 2.45) is 10.8 Å². The first kappa shape index (κ1) is 14.8. The summed E-state index contributed by atoms with van der Waals surface area (Å²) in [6.07, 6.45) is -1.22. The quantitative estimate of drug-likeness (QED) is 0.426. The number of fused-ring (bicyclic) bond motifs is 1. The zero-order valence-electron chi connectivity index (χ0n) is 12.9. The van der Waals surface area contributed by atoms with E-state index in [1.54, 1.807) is 13.8 Å². The molecule has 1 aliphatic carbocycles. The highest BCUT2D eigenvalue weighted by Crippen LogP contribution is 2.79. The lowest BCUT2D eigenvalue weighted by molar-refractivity contribution is -0.303. The molecule has 7 atom stereocenters. The van der Waals surface area contributed by atoms with Crippen molar-refractivity contribution in [1.29, 1.82) is 0 Å². The van der Waals surface area contributed by atoms with Crippen molar-refractivity contribution in [3.05, 3.63) is 0 Å². The van der Waals surface area contributed by atoms with Crippen molar-refractivity contribution in [2.75, 3.05) is 6.61 Å². The molecule has 0 radical (unpaired) electrons. The number of carbonyl (C=O) groups excluding carboxylic acids is 1. The van der Waals surface area contributed by atoms with Crippen LogP contribution in [0, 0.1) is 10.8 Å². The number of esters is 1. The SMILES string of the molecule is C[C@]1(O)[C@]2(C)COC(=O)C[C@]34[C@@H](O)[C@@]1(O)O[C@]23CC[C@@]4(C)O. The summed E-state index contributed by atoms with van der Waals surface area (Å²) in [6, 6.07) is 0. The largest absolute Gasteiger partial charge is 0.465 e. The van der Waals surface area contributed by atoms with E-state index in [0.717, 1.165) is 0 Å². The molecule has 0 amide bonds. The van der Waals surface area contributed by atoms with Crippen LogP contribution in [-0.4, -0.2) is 61.7 Å². The first-order valence-electron chi connectivity index (χ1n) is 7.63. The number of rotatable bonds is 0. The molecule has 3 heterocycles.